The third-order valence-electron chi connectivity index (χ3n) is 1.37. The van der Waals surface area contributed by atoms with Crippen LogP contribution in [0.2, 0.25) is 0 Å². The minimum Gasteiger partial charge on any atom is -0.479 e. The maximum absolute atomic E-state index is 11.3. The molecule has 82 valence electrons. The quantitative estimate of drug-likeness (QED) is 0.749. The summed E-state index contributed by atoms with van der Waals surface area (Å²) in [6.07, 6.45) is -0.371. The highest BCUT2D eigenvalue weighted by molar-refractivity contribution is 8.14. The van der Waals surface area contributed by atoms with E-state index in [1.165, 1.54) is 0 Å². The van der Waals surface area contributed by atoms with Crippen LogP contribution >= 0.6 is 11.8 Å². The molecule has 2 N–H and O–H groups in total. The highest BCUT2D eigenvalue weighted by Crippen LogP contribution is 2.27. The van der Waals surface area contributed by atoms with E-state index in [0.29, 0.717) is 0 Å². The molecule has 0 aliphatic carbocycles. The van der Waals surface area contributed by atoms with Gasteiger partial charge in [0.1, 0.15) is 0 Å². The Bertz CT molecular complexity index is 240. The van der Waals surface area contributed by atoms with Crippen molar-refractivity contribution in [1.29, 1.82) is 0 Å². The Kier molecular flexibility index (Phi) is 4.15. The maximum Gasteiger partial charge on any atom is 0.335 e. The van der Waals surface area contributed by atoms with Crippen LogP contribution in [0.15, 0.2) is 0 Å². The van der Waals surface area contributed by atoms with E-state index in [9.17, 15) is 14.7 Å². The van der Waals surface area contributed by atoms with Gasteiger partial charge in [-0.3, -0.25) is 4.79 Å². The molecule has 0 unspecified atom stereocenters. The van der Waals surface area contributed by atoms with Crippen molar-refractivity contribution in [3.63, 3.8) is 0 Å². The van der Waals surface area contributed by atoms with Gasteiger partial charge < -0.3 is 10.2 Å². The highest BCUT2D eigenvalue weighted by atomic mass is 32.2. The fraction of sp³-hybridized carbons (Fsp3) is 0.778. The zero-order valence-electron chi connectivity index (χ0n) is 8.83. The first-order valence-corrected chi connectivity index (χ1v) is 5.04. The Balaban J connectivity index is 4.27. The minimum absolute atomic E-state index is 0.258. The number of carbonyl (C=O) groups excluding carboxylic acids is 1. The molecule has 0 fully saturated rings. The van der Waals surface area contributed by atoms with Gasteiger partial charge in [0.15, 0.2) is 10.7 Å². The lowest BCUT2D eigenvalue weighted by Gasteiger charge is -2.20. The van der Waals surface area contributed by atoms with Gasteiger partial charge in [-0.1, -0.05) is 32.5 Å². The predicted molar refractivity (Wildman–Crippen MR) is 55.2 cm³/mol. The zero-order chi connectivity index (χ0) is 11.6. The molecule has 0 aromatic heterocycles. The zero-order valence-corrected chi connectivity index (χ0v) is 9.64. The van der Waals surface area contributed by atoms with Crippen LogP contribution in [-0.2, 0) is 9.59 Å². The number of thioether (sulfide) groups is 1. The number of aliphatic hydroxyl groups is 1. The van der Waals surface area contributed by atoms with Gasteiger partial charge in [0.2, 0.25) is 0 Å². The van der Waals surface area contributed by atoms with Crippen molar-refractivity contribution in [2.24, 2.45) is 0 Å². The summed E-state index contributed by atoms with van der Waals surface area (Å²) >= 11 is 1.04. The fourth-order valence-electron chi connectivity index (χ4n) is 0.734. The van der Waals surface area contributed by atoms with Crippen LogP contribution in [0.5, 0.6) is 0 Å². The van der Waals surface area contributed by atoms with Crippen LogP contribution in [0.3, 0.4) is 0 Å². The predicted octanol–water partition coefficient (Wildman–Crippen LogP) is 1.27. The molecule has 0 heterocycles. The molecule has 0 aromatic carbocycles. The molecule has 0 aromatic rings. The maximum atomic E-state index is 11.3. The number of hydrogen-bond donors (Lipinski definition) is 2. The van der Waals surface area contributed by atoms with Crippen LogP contribution in [-0.4, -0.2) is 31.6 Å². The second kappa shape index (κ2) is 4.31. The molecule has 1 atom stereocenters. The number of carbonyl (C=O) groups is 2. The van der Waals surface area contributed by atoms with Crippen molar-refractivity contribution in [2.75, 3.05) is 0 Å². The van der Waals surface area contributed by atoms with Crippen LogP contribution in [0.1, 0.15) is 34.1 Å². The number of carboxylic acids is 1. The summed E-state index contributed by atoms with van der Waals surface area (Å²) in [5.41, 5.74) is -1.96. The smallest absolute Gasteiger partial charge is 0.335 e. The van der Waals surface area contributed by atoms with Gasteiger partial charge in [-0.25, -0.2) is 4.79 Å². The Morgan fingerprint density at radius 2 is 1.64 bits per heavy atom. The summed E-state index contributed by atoms with van der Waals surface area (Å²) in [6.45, 7) is 6.68. The van der Waals surface area contributed by atoms with Gasteiger partial charge in [-0.05, 0) is 6.92 Å². The summed E-state index contributed by atoms with van der Waals surface area (Å²) < 4.78 is -0.258. The first-order chi connectivity index (χ1) is 6.04. The fourth-order valence-corrected chi connectivity index (χ4v) is 1.77. The number of rotatable bonds is 3. The molecular formula is C9H16O4S. The molecule has 0 amide bonds. The summed E-state index contributed by atoms with van der Waals surface area (Å²) in [6, 6.07) is 0. The van der Waals surface area contributed by atoms with Crippen LogP contribution in [0.4, 0.5) is 0 Å². The number of aliphatic carboxylic acids is 1. The van der Waals surface area contributed by atoms with E-state index in [-0.39, 0.29) is 16.3 Å². The molecule has 4 nitrogen and oxygen atoms in total. The van der Waals surface area contributed by atoms with Crippen molar-refractivity contribution in [3.05, 3.63) is 0 Å². The van der Waals surface area contributed by atoms with Gasteiger partial charge in [0.05, 0.1) is 6.42 Å². The normalized spacial score (nSPS) is 16.1. The molecule has 0 radical (unpaired) electrons. The second-order valence-electron chi connectivity index (χ2n) is 4.34. The molecule has 0 spiro atoms. The van der Waals surface area contributed by atoms with Gasteiger partial charge in [-0.15, -0.1) is 0 Å². The molecule has 5 heteroatoms. The van der Waals surface area contributed by atoms with Gasteiger partial charge in [-0.2, -0.15) is 0 Å². The SMILES string of the molecule is CC(C)(C)SC(=O)C[C@@](C)(O)C(=O)O. The summed E-state index contributed by atoms with van der Waals surface area (Å²) in [5, 5.41) is 17.6. The van der Waals surface area contributed by atoms with Crippen molar-refractivity contribution >= 4 is 22.8 Å². The summed E-state index contributed by atoms with van der Waals surface area (Å²) in [7, 11) is 0. The van der Waals surface area contributed by atoms with E-state index in [0.717, 1.165) is 18.7 Å². The van der Waals surface area contributed by atoms with Gasteiger partial charge in [0, 0.05) is 4.75 Å². The van der Waals surface area contributed by atoms with Crippen molar-refractivity contribution in [3.8, 4) is 0 Å². The first-order valence-electron chi connectivity index (χ1n) is 4.22. The van der Waals surface area contributed by atoms with Crippen LogP contribution in [0.25, 0.3) is 0 Å². The first kappa shape index (κ1) is 13.4. The number of carboxylic acid groups (broad SMARTS) is 1. The standard InChI is InChI=1S/C9H16O4S/c1-8(2,3)14-6(10)5-9(4,13)7(11)12/h13H,5H2,1-4H3,(H,11,12)/t9-/m1/s1. The molecule has 0 saturated heterocycles. The Hall–Kier alpha value is -0.550. The van der Waals surface area contributed by atoms with E-state index >= 15 is 0 Å². The van der Waals surface area contributed by atoms with E-state index in [4.69, 9.17) is 5.11 Å². The minimum atomic E-state index is -1.96. The van der Waals surface area contributed by atoms with E-state index in [1.807, 2.05) is 20.8 Å². The molecule has 0 saturated carbocycles. The lowest BCUT2D eigenvalue weighted by atomic mass is 10.0. The largest absolute Gasteiger partial charge is 0.479 e. The third kappa shape index (κ3) is 5.24. The average Bonchev–Trinajstić information content (AvgIpc) is 1.79. The lowest BCUT2D eigenvalue weighted by molar-refractivity contribution is -0.158. The molecule has 0 bridgehead atoms. The van der Waals surface area contributed by atoms with E-state index in [2.05, 4.69) is 0 Å². The van der Waals surface area contributed by atoms with Gasteiger partial charge in [0.25, 0.3) is 0 Å². The topological polar surface area (TPSA) is 74.6 Å². The number of hydrogen-bond acceptors (Lipinski definition) is 4. The van der Waals surface area contributed by atoms with Crippen molar-refractivity contribution < 1.29 is 19.8 Å². The Morgan fingerprint density at radius 1 is 1.21 bits per heavy atom. The highest BCUT2D eigenvalue weighted by Gasteiger charge is 2.34. The monoisotopic (exact) mass is 220 g/mol. The molecule has 0 rings (SSSR count). The molecule has 0 aliphatic heterocycles. The average molecular weight is 220 g/mol. The van der Waals surface area contributed by atoms with Crippen molar-refractivity contribution in [1.82, 2.24) is 0 Å². The lowest BCUT2D eigenvalue weighted by Crippen LogP contribution is -2.37. The molecule has 0 aliphatic rings. The summed E-state index contributed by atoms with van der Waals surface area (Å²) in [5.74, 6) is -1.37. The van der Waals surface area contributed by atoms with Gasteiger partial charge >= 0.3 is 5.97 Å². The van der Waals surface area contributed by atoms with Crippen LogP contribution in [0, 0.1) is 0 Å². The van der Waals surface area contributed by atoms with E-state index in [1.54, 1.807) is 0 Å². The second-order valence-corrected chi connectivity index (χ2v) is 6.23. The Morgan fingerprint density at radius 3 is 1.93 bits per heavy atom. The summed E-state index contributed by atoms with van der Waals surface area (Å²) in [4.78, 5) is 21.8. The Labute approximate surface area is 87.7 Å². The van der Waals surface area contributed by atoms with Crippen LogP contribution < -0.4 is 0 Å². The molecule has 14 heavy (non-hydrogen) atoms. The third-order valence-corrected chi connectivity index (χ3v) is 2.35. The van der Waals surface area contributed by atoms with Crippen molar-refractivity contribution in [2.45, 2.75) is 44.5 Å². The molecular weight excluding hydrogens is 204 g/mol. The van der Waals surface area contributed by atoms with E-state index < -0.39 is 11.6 Å².